The van der Waals surface area contributed by atoms with Crippen LogP contribution in [0.3, 0.4) is 0 Å². The van der Waals surface area contributed by atoms with Crippen molar-refractivity contribution in [3.63, 3.8) is 0 Å². The summed E-state index contributed by atoms with van der Waals surface area (Å²) in [5, 5.41) is 15.8. The number of carboxylic acid groups (broad SMARTS) is 2. The summed E-state index contributed by atoms with van der Waals surface area (Å²) in [6.07, 6.45) is 25.6. The van der Waals surface area contributed by atoms with Crippen molar-refractivity contribution >= 4 is 67.9 Å². The van der Waals surface area contributed by atoms with Gasteiger partial charge in [0, 0.05) is 11.1 Å². The van der Waals surface area contributed by atoms with Gasteiger partial charge in [-0.05, 0) is 142 Å². The maximum atomic E-state index is 15.4. The molecule has 2 N–H and O–H groups in total. The minimum absolute atomic E-state index is 0. The number of carboxylic acids is 2. The summed E-state index contributed by atoms with van der Waals surface area (Å²) in [5.41, 5.74) is -28.3. The van der Waals surface area contributed by atoms with E-state index in [0.717, 1.165) is 0 Å². The Balaban J connectivity index is 0.000000462. The maximum absolute atomic E-state index is 15.4. The number of benzene rings is 8. The van der Waals surface area contributed by atoms with Crippen LogP contribution in [0.25, 0.3) is 0 Å². The summed E-state index contributed by atoms with van der Waals surface area (Å²) in [6.45, 7) is 9.20. The van der Waals surface area contributed by atoms with E-state index in [1.807, 2.05) is 128 Å². The van der Waals surface area contributed by atoms with Gasteiger partial charge in [0.25, 0.3) is 0 Å². The number of halogens is 40. The minimum Gasteiger partial charge on any atom is -0.478 e. The van der Waals surface area contributed by atoms with Crippen LogP contribution in [0.2, 0.25) is 0 Å². The first kappa shape index (κ1) is 109. The van der Waals surface area contributed by atoms with Crippen molar-refractivity contribution in [2.45, 2.75) is 13.8 Å². The van der Waals surface area contributed by atoms with Gasteiger partial charge in [0.15, 0.2) is 140 Å². The molecule has 4 saturated carbocycles. The molecule has 4 fully saturated rings. The second kappa shape index (κ2) is 45.6. The van der Waals surface area contributed by atoms with E-state index >= 15 is 70.2 Å². The standard InChI is InChI=1S/2C24BF20.4C5H5.2C4H6O2.2Zr/c2*26-5-1(6(27)14(35)21(42)13(5)34)25(2-7(28)15(36)22(43)16(37)8(2)29,3-9(30)17(38)23(44)18(39)10(3)31)4-11(32)19(40)24(45)20(41)12(4)33;4*1-2-4-5-3-1;2*1-3(2)4(5)6;;/h;;4*1-5H;2*1H2,2H3,(H,5,6);;/q2*-1;;;;;;;2*+3. The Hall–Kier alpha value is -8.72. The van der Waals surface area contributed by atoms with Gasteiger partial charge in [-0.15, -0.1) is 43.7 Å². The summed E-state index contributed by atoms with van der Waals surface area (Å²) in [5.74, 6) is -145. The predicted octanol–water partition coefficient (Wildman–Crippen LogP) is 17.1. The van der Waals surface area contributed by atoms with Gasteiger partial charge < -0.3 is 10.2 Å². The van der Waals surface area contributed by atoms with Crippen LogP contribution in [0.15, 0.2) is 24.3 Å². The molecule has 12 rings (SSSR count). The smallest absolute Gasteiger partial charge is 0.478 e. The molecule has 4 nitrogen and oxygen atoms in total. The normalized spacial score (nSPS) is 13.3. The van der Waals surface area contributed by atoms with Crippen molar-refractivity contribution in [2.24, 2.45) is 0 Å². The predicted molar refractivity (Wildman–Crippen MR) is 349 cm³/mol. The van der Waals surface area contributed by atoms with Crippen LogP contribution in [0.4, 0.5) is 176 Å². The van der Waals surface area contributed by atoms with Crippen LogP contribution in [0, 0.1) is 361 Å². The quantitative estimate of drug-likeness (QED) is 0.0470. The molecule has 0 atom stereocenters. The molecule has 48 heteroatoms. The Bertz CT molecular complexity index is 4180. The van der Waals surface area contributed by atoms with Crippen LogP contribution in [-0.2, 0) is 62.0 Å². The molecule has 0 aromatic heterocycles. The monoisotopic (exact) mass is 1970 g/mol. The molecule has 0 unspecified atom stereocenters. The van der Waals surface area contributed by atoms with Crippen molar-refractivity contribution in [3.05, 3.63) is 385 Å². The topological polar surface area (TPSA) is 74.6 Å². The number of hydrogen-bond acceptors (Lipinski definition) is 2. The molecule has 124 heavy (non-hydrogen) atoms. The summed E-state index contributed by atoms with van der Waals surface area (Å²) < 4.78 is 588. The van der Waals surface area contributed by atoms with E-state index in [1.54, 1.807) is 0 Å². The van der Waals surface area contributed by atoms with Gasteiger partial charge in [-0.3, -0.25) is 0 Å². The van der Waals surface area contributed by atoms with Crippen molar-refractivity contribution < 1.29 is 248 Å². The molecule has 0 aliphatic heterocycles. The molecule has 0 amide bonds. The fourth-order valence-electron chi connectivity index (χ4n) is 11.0. The third kappa shape index (κ3) is 21.2. The Morgan fingerprint density at radius 2 is 0.218 bits per heavy atom. The molecule has 4 aliphatic rings. The van der Waals surface area contributed by atoms with Crippen molar-refractivity contribution in [1.29, 1.82) is 0 Å². The Morgan fingerprint density at radius 1 is 0.169 bits per heavy atom. The number of hydrogen-bond donors (Lipinski definition) is 2. The average Bonchev–Trinajstić information content (AvgIpc) is 0.732. The van der Waals surface area contributed by atoms with Crippen LogP contribution in [0.5, 0.6) is 0 Å². The van der Waals surface area contributed by atoms with Crippen molar-refractivity contribution in [2.75, 3.05) is 0 Å². The van der Waals surface area contributed by atoms with Gasteiger partial charge in [-0.2, -0.15) is 0 Å². The largest absolute Gasteiger partial charge is 3.00 e. The summed E-state index contributed by atoms with van der Waals surface area (Å²) >= 11 is 0. The number of rotatable bonds is 10. The average molecular weight is 1970 g/mol. The first-order valence-electron chi connectivity index (χ1n) is 31.6. The van der Waals surface area contributed by atoms with E-state index in [0.29, 0.717) is 0 Å². The Morgan fingerprint density at radius 3 is 0.266 bits per heavy atom. The summed E-state index contributed by atoms with van der Waals surface area (Å²) in [4.78, 5) is 19.2. The molecule has 0 spiro atoms. The van der Waals surface area contributed by atoms with E-state index < -0.39 is 301 Å². The van der Waals surface area contributed by atoms with Gasteiger partial charge in [0.1, 0.15) is 105 Å². The van der Waals surface area contributed by atoms with Gasteiger partial charge in [0.2, 0.25) is 0 Å². The van der Waals surface area contributed by atoms with Crippen LogP contribution < -0.4 is 43.7 Å². The van der Waals surface area contributed by atoms with Gasteiger partial charge in [-0.25, -0.2) is 185 Å². The molecule has 0 saturated heterocycles. The third-order valence-electron chi connectivity index (χ3n) is 16.4. The molecule has 8 aromatic carbocycles. The number of aliphatic carboxylic acids is 2. The SMILES string of the molecule is C=C(C)C(=O)O.C=C(C)C(=O)O.Fc1c(F)c(F)c([B-](c2c(F)c(F)c(F)c(F)c2F)(c2c(F)c(F)c(F)c(F)c2F)c2c(F)c(F)c(F)c(F)c2F)c(F)c1F.Fc1c(F)c(F)c([B-](c2c(F)c(F)c(F)c(F)c2F)(c2c(F)c(F)c(F)c(F)c2F)c2c(F)c(F)c(F)c(F)c2F)c(F)c1F.[CH]1[CH][CH][CH][CH]1.[CH]1[CH][CH][CH][CH]1.[CH]1[CH][CH][CH][CH]1.[CH]1[CH][CH][CH][CH]1.[Zr+3].[Zr+3]. The molecular weight excluding hydrogens is 1940 g/mol. The molecule has 8 aromatic rings. The second-order valence-corrected chi connectivity index (χ2v) is 23.6. The first-order chi connectivity index (χ1) is 56.7. The van der Waals surface area contributed by atoms with E-state index in [-0.39, 0.29) is 63.6 Å². The zero-order valence-corrected chi connectivity index (χ0v) is 64.9. The summed E-state index contributed by atoms with van der Waals surface area (Å²) in [6, 6.07) is 0. The van der Waals surface area contributed by atoms with Gasteiger partial charge in [0.05, 0.1) is 0 Å². The molecular formula is C76H32B2F40O4Zr2+4. The molecule has 22 radical (unpaired) electrons. The van der Waals surface area contributed by atoms with E-state index in [1.165, 1.54) is 13.8 Å². The van der Waals surface area contributed by atoms with Gasteiger partial charge >= 0.3 is 64.3 Å². The fraction of sp³-hybridized carbons (Fsp3) is 0.0263. The second-order valence-electron chi connectivity index (χ2n) is 23.6. The minimum atomic E-state index is -7.22. The number of carbonyl (C=O) groups is 2. The molecule has 650 valence electrons. The summed E-state index contributed by atoms with van der Waals surface area (Å²) in [7, 11) is 0. The van der Waals surface area contributed by atoms with Crippen LogP contribution >= 0.6 is 0 Å². The van der Waals surface area contributed by atoms with Crippen molar-refractivity contribution in [3.8, 4) is 0 Å². The molecule has 4 aliphatic carbocycles. The fourth-order valence-corrected chi connectivity index (χ4v) is 11.0. The molecule has 0 heterocycles. The third-order valence-corrected chi connectivity index (χ3v) is 16.4. The van der Waals surface area contributed by atoms with Crippen molar-refractivity contribution in [1.82, 2.24) is 0 Å². The van der Waals surface area contributed by atoms with E-state index in [9.17, 15) is 115 Å². The van der Waals surface area contributed by atoms with E-state index in [4.69, 9.17) is 10.2 Å². The first-order valence-corrected chi connectivity index (χ1v) is 31.6. The van der Waals surface area contributed by atoms with Crippen LogP contribution in [-0.4, -0.2) is 34.4 Å². The Labute approximate surface area is 711 Å². The zero-order chi connectivity index (χ0) is 93.2. The Kier molecular flexibility index (Phi) is 40.3. The van der Waals surface area contributed by atoms with Gasteiger partial charge in [-0.1, -0.05) is 13.2 Å². The van der Waals surface area contributed by atoms with E-state index in [2.05, 4.69) is 13.2 Å². The van der Waals surface area contributed by atoms with Crippen LogP contribution in [0.1, 0.15) is 13.8 Å². The maximum Gasteiger partial charge on any atom is 3.00 e. The zero-order valence-electron chi connectivity index (χ0n) is 59.9. The molecule has 0 bridgehead atoms.